The van der Waals surface area contributed by atoms with E-state index in [9.17, 15) is 0 Å². The molecule has 0 radical (unpaired) electrons. The van der Waals surface area contributed by atoms with Gasteiger partial charge in [-0.15, -0.1) is 0 Å². The zero-order chi connectivity index (χ0) is 11.1. The molecule has 2 aliphatic rings. The van der Waals surface area contributed by atoms with Crippen LogP contribution in [0.3, 0.4) is 0 Å². The molecule has 0 bridgehead atoms. The van der Waals surface area contributed by atoms with Crippen LogP contribution in [-0.2, 0) is 6.42 Å². The van der Waals surface area contributed by atoms with Crippen molar-refractivity contribution in [1.82, 2.24) is 0 Å². The number of rotatable bonds is 1. The molecule has 1 aromatic carbocycles. The van der Waals surface area contributed by atoms with Gasteiger partial charge < -0.3 is 10.5 Å². The fraction of sp³-hybridized carbons (Fsp3) is 0.571. The molecule has 3 atom stereocenters. The van der Waals surface area contributed by atoms with E-state index in [2.05, 4.69) is 25.1 Å². The van der Waals surface area contributed by atoms with E-state index in [4.69, 9.17) is 10.5 Å². The van der Waals surface area contributed by atoms with E-state index in [1.807, 2.05) is 0 Å². The quantitative estimate of drug-likeness (QED) is 0.784. The lowest BCUT2D eigenvalue weighted by Crippen LogP contribution is -2.24. The van der Waals surface area contributed by atoms with Gasteiger partial charge in [0.25, 0.3) is 0 Å². The molecule has 1 fully saturated rings. The fourth-order valence-electron chi connectivity index (χ4n) is 3.10. The van der Waals surface area contributed by atoms with Gasteiger partial charge in [0.1, 0.15) is 5.75 Å². The van der Waals surface area contributed by atoms with E-state index in [-0.39, 0.29) is 0 Å². The van der Waals surface area contributed by atoms with Crippen LogP contribution in [0.2, 0.25) is 0 Å². The van der Waals surface area contributed by atoms with Crippen LogP contribution in [0.4, 0.5) is 0 Å². The molecule has 86 valence electrons. The van der Waals surface area contributed by atoms with Crippen LogP contribution in [0.15, 0.2) is 18.2 Å². The van der Waals surface area contributed by atoms with Gasteiger partial charge in [0.05, 0.1) is 6.61 Å². The summed E-state index contributed by atoms with van der Waals surface area (Å²) in [5.41, 5.74) is 8.94. The SMILES string of the molecule is CC1C(N)CCC1c1ccc2c(c1)CCO2. The standard InChI is InChI=1S/C14H19NO/c1-9-12(3-4-13(9)15)10-2-5-14-11(8-10)6-7-16-14/h2,5,8-9,12-13H,3-4,6-7,15H2,1H3. The lowest BCUT2D eigenvalue weighted by Gasteiger charge is -2.19. The molecule has 1 aliphatic heterocycles. The summed E-state index contributed by atoms with van der Waals surface area (Å²) in [7, 11) is 0. The van der Waals surface area contributed by atoms with Crippen molar-refractivity contribution >= 4 is 0 Å². The zero-order valence-electron chi connectivity index (χ0n) is 9.78. The van der Waals surface area contributed by atoms with Crippen molar-refractivity contribution in [2.45, 2.75) is 38.1 Å². The molecule has 3 unspecified atom stereocenters. The number of ether oxygens (including phenoxy) is 1. The van der Waals surface area contributed by atoms with Crippen molar-refractivity contribution in [3.8, 4) is 5.75 Å². The molecule has 16 heavy (non-hydrogen) atoms. The molecule has 0 spiro atoms. The van der Waals surface area contributed by atoms with E-state index in [0.29, 0.717) is 17.9 Å². The van der Waals surface area contributed by atoms with Gasteiger partial charge in [0.2, 0.25) is 0 Å². The van der Waals surface area contributed by atoms with Gasteiger partial charge >= 0.3 is 0 Å². The molecule has 2 nitrogen and oxygen atoms in total. The normalized spacial score (nSPS) is 32.5. The van der Waals surface area contributed by atoms with Crippen molar-refractivity contribution in [1.29, 1.82) is 0 Å². The summed E-state index contributed by atoms with van der Waals surface area (Å²) >= 11 is 0. The molecule has 0 amide bonds. The first-order valence-corrected chi connectivity index (χ1v) is 6.27. The van der Waals surface area contributed by atoms with E-state index >= 15 is 0 Å². The highest BCUT2D eigenvalue weighted by Gasteiger charge is 2.31. The van der Waals surface area contributed by atoms with Crippen molar-refractivity contribution in [2.75, 3.05) is 6.61 Å². The maximum absolute atomic E-state index is 6.09. The first-order chi connectivity index (χ1) is 7.75. The predicted molar refractivity (Wildman–Crippen MR) is 64.8 cm³/mol. The third-order valence-corrected chi connectivity index (χ3v) is 4.26. The second-order valence-electron chi connectivity index (χ2n) is 5.17. The Morgan fingerprint density at radius 3 is 2.94 bits per heavy atom. The Hall–Kier alpha value is -1.02. The van der Waals surface area contributed by atoms with Crippen molar-refractivity contribution in [3.05, 3.63) is 29.3 Å². The van der Waals surface area contributed by atoms with Gasteiger partial charge in [-0.2, -0.15) is 0 Å². The molecule has 1 aliphatic carbocycles. The molecular weight excluding hydrogens is 198 g/mol. The largest absolute Gasteiger partial charge is 0.493 e. The lowest BCUT2D eigenvalue weighted by molar-refractivity contribution is 0.356. The second-order valence-corrected chi connectivity index (χ2v) is 5.17. The van der Waals surface area contributed by atoms with Crippen LogP contribution >= 0.6 is 0 Å². The van der Waals surface area contributed by atoms with Crippen LogP contribution in [0.5, 0.6) is 5.75 Å². The molecule has 1 heterocycles. The molecule has 1 aromatic rings. The Morgan fingerprint density at radius 1 is 1.31 bits per heavy atom. The third kappa shape index (κ3) is 1.52. The Kier molecular flexibility index (Phi) is 2.40. The van der Waals surface area contributed by atoms with Crippen LogP contribution < -0.4 is 10.5 Å². The predicted octanol–water partition coefficient (Wildman–Crippen LogP) is 2.46. The Balaban J connectivity index is 1.90. The van der Waals surface area contributed by atoms with Gasteiger partial charge in [0.15, 0.2) is 0 Å². The maximum atomic E-state index is 6.09. The minimum Gasteiger partial charge on any atom is -0.493 e. The van der Waals surface area contributed by atoms with Crippen molar-refractivity contribution < 1.29 is 4.74 Å². The molecule has 1 saturated carbocycles. The smallest absolute Gasteiger partial charge is 0.122 e. The van der Waals surface area contributed by atoms with Crippen molar-refractivity contribution in [3.63, 3.8) is 0 Å². The first-order valence-electron chi connectivity index (χ1n) is 6.27. The topological polar surface area (TPSA) is 35.2 Å². The number of benzene rings is 1. The van der Waals surface area contributed by atoms with Crippen LogP contribution in [0.1, 0.15) is 36.8 Å². The summed E-state index contributed by atoms with van der Waals surface area (Å²) in [5.74, 6) is 2.35. The average molecular weight is 217 g/mol. The average Bonchev–Trinajstić information content (AvgIpc) is 2.86. The molecule has 0 saturated heterocycles. The molecule has 3 rings (SSSR count). The molecular formula is C14H19NO. The van der Waals surface area contributed by atoms with Gasteiger partial charge in [-0.1, -0.05) is 19.1 Å². The van der Waals surface area contributed by atoms with Crippen LogP contribution in [0.25, 0.3) is 0 Å². The molecule has 0 aromatic heterocycles. The van der Waals surface area contributed by atoms with Crippen molar-refractivity contribution in [2.24, 2.45) is 11.7 Å². The van der Waals surface area contributed by atoms with E-state index in [1.54, 1.807) is 0 Å². The highest BCUT2D eigenvalue weighted by molar-refractivity contribution is 5.41. The Bertz CT molecular complexity index is 402. The van der Waals surface area contributed by atoms with Gasteiger partial charge in [0, 0.05) is 12.5 Å². The minimum absolute atomic E-state index is 0.384. The summed E-state index contributed by atoms with van der Waals surface area (Å²) < 4.78 is 5.54. The maximum Gasteiger partial charge on any atom is 0.122 e. The number of hydrogen-bond donors (Lipinski definition) is 1. The number of hydrogen-bond acceptors (Lipinski definition) is 2. The van der Waals surface area contributed by atoms with E-state index in [1.165, 1.54) is 24.0 Å². The van der Waals surface area contributed by atoms with E-state index < -0.39 is 0 Å². The van der Waals surface area contributed by atoms with Gasteiger partial charge in [-0.3, -0.25) is 0 Å². The summed E-state index contributed by atoms with van der Waals surface area (Å²) in [5, 5.41) is 0. The monoisotopic (exact) mass is 217 g/mol. The summed E-state index contributed by atoms with van der Waals surface area (Å²) in [6.45, 7) is 3.13. The minimum atomic E-state index is 0.384. The Morgan fingerprint density at radius 2 is 2.19 bits per heavy atom. The third-order valence-electron chi connectivity index (χ3n) is 4.26. The summed E-state index contributed by atoms with van der Waals surface area (Å²) in [4.78, 5) is 0. The number of nitrogens with two attached hydrogens (primary N) is 1. The summed E-state index contributed by atoms with van der Waals surface area (Å²) in [6, 6.07) is 7.08. The zero-order valence-corrected chi connectivity index (χ0v) is 9.78. The summed E-state index contributed by atoms with van der Waals surface area (Å²) in [6.07, 6.45) is 3.47. The first kappa shape index (κ1) is 10.2. The van der Waals surface area contributed by atoms with Gasteiger partial charge in [-0.25, -0.2) is 0 Å². The second kappa shape index (κ2) is 3.77. The highest BCUT2D eigenvalue weighted by Crippen LogP contribution is 2.40. The Labute approximate surface area is 96.8 Å². The number of fused-ring (bicyclic) bond motifs is 1. The van der Waals surface area contributed by atoms with E-state index in [0.717, 1.165) is 18.8 Å². The highest BCUT2D eigenvalue weighted by atomic mass is 16.5. The van der Waals surface area contributed by atoms with Gasteiger partial charge in [-0.05, 0) is 41.9 Å². The lowest BCUT2D eigenvalue weighted by atomic mass is 9.88. The molecule has 2 heteroatoms. The van der Waals surface area contributed by atoms with Crippen LogP contribution in [-0.4, -0.2) is 12.6 Å². The van der Waals surface area contributed by atoms with Crippen LogP contribution in [0, 0.1) is 5.92 Å². The fourth-order valence-corrected chi connectivity index (χ4v) is 3.10. The molecule has 2 N–H and O–H groups in total.